The summed E-state index contributed by atoms with van der Waals surface area (Å²) in [4.78, 5) is 31.3. The van der Waals surface area contributed by atoms with Crippen LogP contribution in [0.2, 0.25) is 0 Å². The Kier molecular flexibility index (Phi) is 5.70. The summed E-state index contributed by atoms with van der Waals surface area (Å²) in [5.41, 5.74) is 1.94. The summed E-state index contributed by atoms with van der Waals surface area (Å²) in [7, 11) is 0. The van der Waals surface area contributed by atoms with Gasteiger partial charge in [-0.3, -0.25) is 19.4 Å². The zero-order valence-corrected chi connectivity index (χ0v) is 18.9. The van der Waals surface area contributed by atoms with Gasteiger partial charge in [0.15, 0.2) is 0 Å². The van der Waals surface area contributed by atoms with Crippen molar-refractivity contribution in [2.24, 2.45) is 0 Å². The molecule has 0 aliphatic carbocycles. The third-order valence-electron chi connectivity index (χ3n) is 5.96. The Balaban J connectivity index is 1.68. The van der Waals surface area contributed by atoms with Crippen molar-refractivity contribution in [3.8, 4) is 0 Å². The van der Waals surface area contributed by atoms with Gasteiger partial charge in [-0.25, -0.2) is 9.37 Å². The van der Waals surface area contributed by atoms with E-state index in [-0.39, 0.29) is 46.0 Å². The highest BCUT2D eigenvalue weighted by Crippen LogP contribution is 2.15. The average molecular weight is 468 g/mol. The first-order valence-electron chi connectivity index (χ1n) is 11.1. The van der Waals surface area contributed by atoms with Crippen molar-refractivity contribution >= 4 is 22.6 Å². The molecule has 35 heavy (non-hydrogen) atoms. The lowest BCUT2D eigenvalue weighted by Gasteiger charge is -2.17. The smallest absolute Gasteiger partial charge is 0.267 e. The zero-order chi connectivity index (χ0) is 24.5. The van der Waals surface area contributed by atoms with Gasteiger partial charge in [0.25, 0.3) is 11.5 Å². The minimum Gasteiger partial charge on any atom is -0.345 e. The molecule has 3 heterocycles. The van der Waals surface area contributed by atoms with Crippen molar-refractivity contribution in [2.45, 2.75) is 19.5 Å². The molecule has 0 bridgehead atoms. The number of hydrogen-bond donors (Lipinski definition) is 2. The van der Waals surface area contributed by atoms with Gasteiger partial charge in [0.05, 0.1) is 23.5 Å². The van der Waals surface area contributed by atoms with Gasteiger partial charge in [0.1, 0.15) is 22.6 Å². The van der Waals surface area contributed by atoms with Crippen LogP contribution in [0.3, 0.4) is 0 Å². The Labute approximate surface area is 199 Å². The second kappa shape index (κ2) is 8.98. The van der Waals surface area contributed by atoms with Crippen molar-refractivity contribution in [1.82, 2.24) is 19.3 Å². The van der Waals surface area contributed by atoms with Crippen LogP contribution in [-0.4, -0.2) is 19.9 Å². The molecule has 174 valence electrons. The molecule has 7 nitrogen and oxygen atoms in total. The number of pyridine rings is 2. The van der Waals surface area contributed by atoms with Crippen LogP contribution in [0.25, 0.3) is 16.7 Å². The van der Waals surface area contributed by atoms with E-state index in [9.17, 15) is 14.0 Å². The summed E-state index contributed by atoms with van der Waals surface area (Å²) >= 11 is 0. The first-order valence-corrected chi connectivity index (χ1v) is 11.1. The van der Waals surface area contributed by atoms with E-state index >= 15 is 0 Å². The molecule has 0 saturated carbocycles. The van der Waals surface area contributed by atoms with Gasteiger partial charge in [-0.05, 0) is 48.4 Å². The number of carbonyl (C=O) groups excluding carboxylic acids is 1. The first kappa shape index (κ1) is 22.2. The fourth-order valence-corrected chi connectivity index (χ4v) is 4.09. The van der Waals surface area contributed by atoms with Crippen LogP contribution in [0.4, 0.5) is 4.39 Å². The lowest BCUT2D eigenvalue weighted by atomic mass is 10.1. The highest BCUT2D eigenvalue weighted by Gasteiger charge is 2.19. The van der Waals surface area contributed by atoms with E-state index in [0.717, 1.165) is 5.56 Å². The summed E-state index contributed by atoms with van der Waals surface area (Å²) in [5, 5.41) is 12.0. The molecular formula is C27H22FN5O2. The predicted octanol–water partition coefficient (Wildman–Crippen LogP) is 3.81. The minimum atomic E-state index is -0.473. The minimum absolute atomic E-state index is 0.0529. The van der Waals surface area contributed by atoms with E-state index in [1.165, 1.54) is 27.2 Å². The van der Waals surface area contributed by atoms with E-state index in [2.05, 4.69) is 10.3 Å². The van der Waals surface area contributed by atoms with Gasteiger partial charge < -0.3 is 9.88 Å². The van der Waals surface area contributed by atoms with E-state index < -0.39 is 5.91 Å². The number of nitrogens with zero attached hydrogens (tertiary/aromatic N) is 3. The predicted molar refractivity (Wildman–Crippen MR) is 131 cm³/mol. The van der Waals surface area contributed by atoms with Gasteiger partial charge in [0, 0.05) is 6.20 Å². The quantitative estimate of drug-likeness (QED) is 0.385. The molecule has 1 unspecified atom stereocenters. The van der Waals surface area contributed by atoms with Gasteiger partial charge in [-0.2, -0.15) is 0 Å². The molecule has 1 atom stereocenters. The molecule has 0 aliphatic heterocycles. The van der Waals surface area contributed by atoms with E-state index in [4.69, 9.17) is 5.41 Å². The molecule has 8 heteroatoms. The van der Waals surface area contributed by atoms with E-state index in [1.807, 2.05) is 37.3 Å². The molecule has 5 aromatic rings. The molecule has 0 radical (unpaired) electrons. The second-order valence-electron chi connectivity index (χ2n) is 8.31. The Hall–Kier alpha value is -4.59. The first-order chi connectivity index (χ1) is 16.9. The maximum atomic E-state index is 13.5. The van der Waals surface area contributed by atoms with Gasteiger partial charge in [-0.15, -0.1) is 0 Å². The van der Waals surface area contributed by atoms with Crippen LogP contribution in [-0.2, 0) is 6.54 Å². The Morgan fingerprint density at radius 3 is 2.51 bits per heavy atom. The maximum Gasteiger partial charge on any atom is 0.267 e. The Bertz CT molecular complexity index is 1670. The number of benzene rings is 2. The number of fused-ring (bicyclic) bond motifs is 2. The Morgan fingerprint density at radius 1 is 1.06 bits per heavy atom. The van der Waals surface area contributed by atoms with Crippen molar-refractivity contribution in [2.75, 3.05) is 0 Å². The number of halogens is 1. The fourth-order valence-electron chi connectivity index (χ4n) is 4.09. The SMILES string of the molecule is CC(NC(=O)c1cc2c(=O)n3ccccc3nc2n(Cc2ccc(F)cc2)c1=N)c1ccccc1. The normalized spacial score (nSPS) is 12.1. The molecular weight excluding hydrogens is 445 g/mol. The lowest BCUT2D eigenvalue weighted by Crippen LogP contribution is -2.36. The average Bonchev–Trinajstić information content (AvgIpc) is 2.87. The van der Waals surface area contributed by atoms with Crippen LogP contribution in [0.15, 0.2) is 89.9 Å². The van der Waals surface area contributed by atoms with Crippen LogP contribution >= 0.6 is 0 Å². The van der Waals surface area contributed by atoms with Crippen molar-refractivity contribution in [3.63, 3.8) is 0 Å². The molecule has 5 rings (SSSR count). The topological polar surface area (TPSA) is 92.2 Å². The maximum absolute atomic E-state index is 13.5. The number of rotatable bonds is 5. The Morgan fingerprint density at radius 2 is 1.77 bits per heavy atom. The van der Waals surface area contributed by atoms with Crippen molar-refractivity contribution < 1.29 is 9.18 Å². The van der Waals surface area contributed by atoms with Crippen LogP contribution in [0.5, 0.6) is 0 Å². The summed E-state index contributed by atoms with van der Waals surface area (Å²) in [6.07, 6.45) is 1.61. The van der Waals surface area contributed by atoms with Crippen molar-refractivity contribution in [3.05, 3.63) is 123 Å². The molecule has 1 amide bonds. The molecule has 3 aromatic heterocycles. The van der Waals surface area contributed by atoms with Crippen LogP contribution in [0.1, 0.15) is 34.5 Å². The molecule has 2 N–H and O–H groups in total. The second-order valence-corrected chi connectivity index (χ2v) is 8.31. The largest absolute Gasteiger partial charge is 0.345 e. The molecule has 0 fully saturated rings. The van der Waals surface area contributed by atoms with Gasteiger partial charge in [-0.1, -0.05) is 48.5 Å². The number of hydrogen-bond acceptors (Lipinski definition) is 4. The number of carbonyl (C=O) groups is 1. The highest BCUT2D eigenvalue weighted by atomic mass is 19.1. The molecule has 2 aromatic carbocycles. The summed E-state index contributed by atoms with van der Waals surface area (Å²) in [6, 6.07) is 21.7. The number of nitrogens with one attached hydrogen (secondary N) is 2. The van der Waals surface area contributed by atoms with Crippen molar-refractivity contribution in [1.29, 1.82) is 5.41 Å². The zero-order valence-electron chi connectivity index (χ0n) is 18.9. The summed E-state index contributed by atoms with van der Waals surface area (Å²) < 4.78 is 16.4. The van der Waals surface area contributed by atoms with Gasteiger partial charge in [0.2, 0.25) is 0 Å². The molecule has 0 aliphatic rings. The third-order valence-corrected chi connectivity index (χ3v) is 5.96. The van der Waals surface area contributed by atoms with E-state index in [0.29, 0.717) is 11.2 Å². The highest BCUT2D eigenvalue weighted by molar-refractivity contribution is 5.97. The van der Waals surface area contributed by atoms with Gasteiger partial charge >= 0.3 is 0 Å². The van der Waals surface area contributed by atoms with Crippen LogP contribution < -0.4 is 16.4 Å². The van der Waals surface area contributed by atoms with Crippen LogP contribution in [0, 0.1) is 11.2 Å². The summed E-state index contributed by atoms with van der Waals surface area (Å²) in [5.74, 6) is -0.848. The lowest BCUT2D eigenvalue weighted by molar-refractivity contribution is 0.0937. The third kappa shape index (κ3) is 4.21. The van der Waals surface area contributed by atoms with E-state index in [1.54, 1.807) is 36.5 Å². The fraction of sp³-hybridized carbons (Fsp3) is 0.111. The molecule has 0 saturated heterocycles. The monoisotopic (exact) mass is 467 g/mol. The summed E-state index contributed by atoms with van der Waals surface area (Å²) in [6.45, 7) is 1.99. The number of amides is 1. The standard InChI is InChI=1S/C27H22FN5O2/c1-17(19-7-3-2-4-8-19)30-26(34)21-15-22-25(31-23-9-5-6-14-32(23)27(22)35)33(24(21)29)16-18-10-12-20(28)13-11-18/h2-15,17,29H,16H2,1H3,(H,30,34). The molecule has 0 spiro atoms. The number of aromatic nitrogens is 3.